The Kier molecular flexibility index (Phi) is 5.78. The highest BCUT2D eigenvalue weighted by atomic mass is 16.5. The fourth-order valence-corrected chi connectivity index (χ4v) is 2.33. The van der Waals surface area contributed by atoms with Crippen molar-refractivity contribution >= 4 is 5.82 Å². The molecule has 1 aromatic heterocycles. The molecular weight excluding hydrogens is 302 g/mol. The average Bonchev–Trinajstić information content (AvgIpc) is 2.44. The third-order valence-corrected chi connectivity index (χ3v) is 3.27. The summed E-state index contributed by atoms with van der Waals surface area (Å²) in [5.41, 5.74) is 2.95. The van der Waals surface area contributed by atoms with E-state index >= 15 is 0 Å². The van der Waals surface area contributed by atoms with E-state index in [-0.39, 0.29) is 5.60 Å². The third-order valence-electron chi connectivity index (χ3n) is 3.27. The summed E-state index contributed by atoms with van der Waals surface area (Å²) in [5, 5.41) is 3.36. The van der Waals surface area contributed by atoms with Gasteiger partial charge in [-0.15, -0.1) is 0 Å². The van der Waals surface area contributed by atoms with E-state index in [0.717, 1.165) is 22.8 Å². The second-order valence-corrected chi connectivity index (χ2v) is 6.92. The fourth-order valence-electron chi connectivity index (χ4n) is 2.33. The van der Waals surface area contributed by atoms with E-state index in [1.54, 1.807) is 7.11 Å². The smallest absolute Gasteiger partial charge is 0.156 e. The van der Waals surface area contributed by atoms with Crippen molar-refractivity contribution in [3.05, 3.63) is 46.9 Å². The number of aromatic nitrogens is 2. The van der Waals surface area contributed by atoms with Gasteiger partial charge in [-0.05, 0) is 46.2 Å². The maximum absolute atomic E-state index is 6.10. The first-order chi connectivity index (χ1) is 11.3. The first kappa shape index (κ1) is 18.2. The van der Waals surface area contributed by atoms with Gasteiger partial charge >= 0.3 is 0 Å². The Bertz CT molecular complexity index is 693. The summed E-state index contributed by atoms with van der Waals surface area (Å²) in [7, 11) is 1.64. The number of anilines is 1. The summed E-state index contributed by atoms with van der Waals surface area (Å²) in [6.07, 6.45) is 0. The lowest BCUT2D eigenvalue weighted by Gasteiger charge is -2.24. The van der Waals surface area contributed by atoms with Crippen LogP contribution in [0.25, 0.3) is 0 Å². The van der Waals surface area contributed by atoms with E-state index in [4.69, 9.17) is 9.47 Å². The summed E-state index contributed by atoms with van der Waals surface area (Å²) in [4.78, 5) is 8.83. The zero-order chi connectivity index (χ0) is 17.7. The normalized spacial score (nSPS) is 11.4. The zero-order valence-electron chi connectivity index (χ0n) is 15.4. The number of rotatable bonds is 6. The lowest BCUT2D eigenvalue weighted by Crippen LogP contribution is -2.24. The Balaban J connectivity index is 2.17. The molecule has 0 aliphatic carbocycles. The molecule has 0 saturated carbocycles. The van der Waals surface area contributed by atoms with Crippen LogP contribution in [0.3, 0.4) is 0 Å². The van der Waals surface area contributed by atoms with E-state index in [1.165, 1.54) is 5.56 Å². The van der Waals surface area contributed by atoms with Crippen LogP contribution in [0.5, 0.6) is 5.75 Å². The van der Waals surface area contributed by atoms with Crippen molar-refractivity contribution in [2.45, 2.75) is 53.4 Å². The summed E-state index contributed by atoms with van der Waals surface area (Å²) >= 11 is 0. The molecule has 0 radical (unpaired) electrons. The van der Waals surface area contributed by atoms with E-state index in [2.05, 4.69) is 61.2 Å². The van der Waals surface area contributed by atoms with Crippen molar-refractivity contribution in [1.82, 2.24) is 9.97 Å². The quantitative estimate of drug-likeness (QED) is 0.867. The van der Waals surface area contributed by atoms with Gasteiger partial charge in [0, 0.05) is 31.0 Å². The summed E-state index contributed by atoms with van der Waals surface area (Å²) in [6.45, 7) is 11.2. The Morgan fingerprint density at radius 1 is 1.08 bits per heavy atom. The van der Waals surface area contributed by atoms with Crippen LogP contribution < -0.4 is 10.1 Å². The highest BCUT2D eigenvalue weighted by Crippen LogP contribution is 2.25. The lowest BCUT2D eigenvalue weighted by atomic mass is 10.1. The van der Waals surface area contributed by atoms with Crippen LogP contribution in [0.15, 0.2) is 24.3 Å². The van der Waals surface area contributed by atoms with Crippen LogP contribution in [0, 0.1) is 13.8 Å². The van der Waals surface area contributed by atoms with Gasteiger partial charge in [-0.25, -0.2) is 9.97 Å². The molecule has 0 amide bonds. The van der Waals surface area contributed by atoms with E-state index in [9.17, 15) is 0 Å². The van der Waals surface area contributed by atoms with Crippen molar-refractivity contribution in [1.29, 1.82) is 0 Å². The van der Waals surface area contributed by atoms with E-state index in [0.29, 0.717) is 19.0 Å². The minimum absolute atomic E-state index is 0.236. The Morgan fingerprint density at radius 3 is 2.50 bits per heavy atom. The molecule has 0 saturated heterocycles. The number of aryl methyl sites for hydroxylation is 2. The van der Waals surface area contributed by atoms with Crippen LogP contribution in [-0.4, -0.2) is 22.7 Å². The molecule has 0 aliphatic rings. The molecule has 24 heavy (non-hydrogen) atoms. The van der Waals surface area contributed by atoms with Crippen LogP contribution in [0.1, 0.15) is 43.4 Å². The van der Waals surface area contributed by atoms with Gasteiger partial charge in [0.15, 0.2) is 5.82 Å². The molecule has 0 bridgehead atoms. The molecule has 0 fully saturated rings. The average molecular weight is 329 g/mol. The van der Waals surface area contributed by atoms with Gasteiger partial charge in [-0.3, -0.25) is 0 Å². The number of nitrogens with zero attached hydrogens (tertiary/aromatic N) is 2. The van der Waals surface area contributed by atoms with Crippen molar-refractivity contribution in [2.75, 3.05) is 12.4 Å². The molecule has 2 rings (SSSR count). The zero-order valence-corrected chi connectivity index (χ0v) is 15.4. The molecule has 0 aliphatic heterocycles. The van der Waals surface area contributed by atoms with Gasteiger partial charge in [-0.2, -0.15) is 0 Å². The monoisotopic (exact) mass is 329 g/mol. The van der Waals surface area contributed by atoms with Crippen LogP contribution in [0.4, 0.5) is 5.82 Å². The van der Waals surface area contributed by atoms with E-state index < -0.39 is 0 Å². The van der Waals surface area contributed by atoms with Crippen molar-refractivity contribution in [3.8, 4) is 5.75 Å². The summed E-state index contributed by atoms with van der Waals surface area (Å²) in [6, 6.07) is 8.18. The minimum atomic E-state index is -0.236. The number of methoxy groups -OCH3 is 1. The molecule has 0 spiro atoms. The Morgan fingerprint density at radius 2 is 1.83 bits per heavy atom. The molecule has 0 unspecified atom stereocenters. The molecule has 5 heteroatoms. The first-order valence-electron chi connectivity index (χ1n) is 8.13. The Hall–Kier alpha value is -2.14. The molecule has 0 atom stereocenters. The van der Waals surface area contributed by atoms with Gasteiger partial charge in [0.1, 0.15) is 23.8 Å². The summed E-state index contributed by atoms with van der Waals surface area (Å²) in [5.74, 6) is 2.37. The largest absolute Gasteiger partial charge is 0.488 e. The fraction of sp³-hybridized carbons (Fsp3) is 0.474. The number of hydrogen-bond acceptors (Lipinski definition) is 5. The third kappa shape index (κ3) is 5.49. The van der Waals surface area contributed by atoms with Gasteiger partial charge < -0.3 is 14.8 Å². The lowest BCUT2D eigenvalue weighted by molar-refractivity contribution is 0.129. The second kappa shape index (κ2) is 7.62. The molecule has 2 aromatic rings. The number of ether oxygens (including phenoxy) is 2. The standard InChI is InChI=1S/C19H27N3O2/c1-13-7-8-15(16(9-13)24-19(3,4)5)11-20-17-10-14(2)21-18(22-17)12-23-6/h7-10H,11-12H2,1-6H3,(H,20,21,22). The van der Waals surface area contributed by atoms with Crippen molar-refractivity contribution in [2.24, 2.45) is 0 Å². The predicted octanol–water partition coefficient (Wildman–Crippen LogP) is 4.03. The molecule has 1 heterocycles. The number of hydrogen-bond donors (Lipinski definition) is 1. The van der Waals surface area contributed by atoms with Gasteiger partial charge in [0.05, 0.1) is 0 Å². The number of benzene rings is 1. The van der Waals surface area contributed by atoms with Gasteiger partial charge in [-0.1, -0.05) is 12.1 Å². The van der Waals surface area contributed by atoms with Crippen molar-refractivity contribution < 1.29 is 9.47 Å². The van der Waals surface area contributed by atoms with Crippen LogP contribution >= 0.6 is 0 Å². The van der Waals surface area contributed by atoms with Gasteiger partial charge in [0.25, 0.3) is 0 Å². The highest BCUT2D eigenvalue weighted by Gasteiger charge is 2.15. The molecule has 130 valence electrons. The van der Waals surface area contributed by atoms with E-state index in [1.807, 2.05) is 13.0 Å². The molecule has 1 aromatic carbocycles. The van der Waals surface area contributed by atoms with Crippen LogP contribution in [0.2, 0.25) is 0 Å². The molecular formula is C19H27N3O2. The SMILES string of the molecule is COCc1nc(C)cc(NCc2ccc(C)cc2OC(C)(C)C)n1. The summed E-state index contributed by atoms with van der Waals surface area (Å²) < 4.78 is 11.2. The molecule has 1 N–H and O–H groups in total. The first-order valence-corrected chi connectivity index (χ1v) is 8.13. The minimum Gasteiger partial charge on any atom is -0.488 e. The van der Waals surface area contributed by atoms with Crippen LogP contribution in [-0.2, 0) is 17.9 Å². The molecule has 5 nitrogen and oxygen atoms in total. The van der Waals surface area contributed by atoms with Gasteiger partial charge in [0.2, 0.25) is 0 Å². The Labute approximate surface area is 144 Å². The van der Waals surface area contributed by atoms with Crippen molar-refractivity contribution in [3.63, 3.8) is 0 Å². The predicted molar refractivity (Wildman–Crippen MR) is 96.4 cm³/mol. The second-order valence-electron chi connectivity index (χ2n) is 6.92. The highest BCUT2D eigenvalue weighted by molar-refractivity contribution is 5.42. The topological polar surface area (TPSA) is 56.3 Å². The maximum atomic E-state index is 6.10. The maximum Gasteiger partial charge on any atom is 0.156 e. The number of nitrogens with one attached hydrogen (secondary N) is 1.